The summed E-state index contributed by atoms with van der Waals surface area (Å²) in [6.07, 6.45) is 0. The number of piperazine rings is 1. The molecular weight excluding hydrogens is 396 g/mol. The summed E-state index contributed by atoms with van der Waals surface area (Å²) in [6, 6.07) is 6.31. The van der Waals surface area contributed by atoms with E-state index in [9.17, 15) is 4.79 Å². The van der Waals surface area contributed by atoms with Crippen molar-refractivity contribution >= 4 is 54.6 Å². The van der Waals surface area contributed by atoms with Gasteiger partial charge in [0.05, 0.1) is 9.58 Å². The molecule has 0 saturated carbocycles. The lowest BCUT2D eigenvalue weighted by atomic mass is 10.3. The average Bonchev–Trinajstić information content (AvgIpc) is 3.39. The fourth-order valence-corrected chi connectivity index (χ4v) is 6.40. The third-order valence-corrected chi connectivity index (χ3v) is 8.01. The van der Waals surface area contributed by atoms with Crippen LogP contribution in [0.3, 0.4) is 0 Å². The number of amides is 1. The van der Waals surface area contributed by atoms with E-state index < -0.39 is 0 Å². The zero-order chi connectivity index (χ0) is 18.8. The number of rotatable bonds is 6. The van der Waals surface area contributed by atoms with Crippen molar-refractivity contribution in [1.29, 1.82) is 0 Å². The lowest BCUT2D eigenvalue weighted by Gasteiger charge is -2.34. The smallest absolute Gasteiger partial charge is 0.264 e. The second-order valence-corrected chi connectivity index (χ2v) is 9.67. The SMILES string of the molecule is CCN(CC)c1nc2sc(C(=O)N3CCN(Cc4cccs4)CC3)cc2s1. The minimum atomic E-state index is 0.158. The highest BCUT2D eigenvalue weighted by Crippen LogP contribution is 2.35. The van der Waals surface area contributed by atoms with E-state index in [0.717, 1.165) is 65.4 Å². The molecule has 1 aliphatic rings. The number of nitrogens with zero attached hydrogens (tertiary/aromatic N) is 4. The molecule has 3 aromatic heterocycles. The van der Waals surface area contributed by atoms with Gasteiger partial charge in [-0.25, -0.2) is 4.98 Å². The van der Waals surface area contributed by atoms with Gasteiger partial charge in [0.25, 0.3) is 5.91 Å². The zero-order valence-corrected chi connectivity index (χ0v) is 18.1. The van der Waals surface area contributed by atoms with Crippen molar-refractivity contribution in [1.82, 2.24) is 14.8 Å². The van der Waals surface area contributed by atoms with E-state index in [-0.39, 0.29) is 5.91 Å². The Balaban J connectivity index is 1.39. The Morgan fingerprint density at radius 1 is 1.19 bits per heavy atom. The first-order chi connectivity index (χ1) is 13.2. The number of carbonyl (C=O) groups excluding carboxylic acids is 1. The molecule has 0 aromatic carbocycles. The Bertz CT molecular complexity index is 858. The number of anilines is 1. The molecule has 1 aliphatic heterocycles. The maximum atomic E-state index is 12.9. The third-order valence-electron chi connectivity index (χ3n) is 4.94. The van der Waals surface area contributed by atoms with E-state index in [1.54, 1.807) is 22.7 Å². The second kappa shape index (κ2) is 8.26. The summed E-state index contributed by atoms with van der Waals surface area (Å²) >= 11 is 5.02. The van der Waals surface area contributed by atoms with Gasteiger partial charge >= 0.3 is 0 Å². The van der Waals surface area contributed by atoms with Gasteiger partial charge < -0.3 is 9.80 Å². The van der Waals surface area contributed by atoms with Gasteiger partial charge in [0, 0.05) is 50.7 Å². The summed E-state index contributed by atoms with van der Waals surface area (Å²) in [5.41, 5.74) is 0. The van der Waals surface area contributed by atoms with Gasteiger partial charge in [-0.2, -0.15) is 0 Å². The number of carbonyl (C=O) groups is 1. The van der Waals surface area contributed by atoms with Gasteiger partial charge in [-0.1, -0.05) is 17.4 Å². The molecule has 0 unspecified atom stereocenters. The number of thiazole rings is 1. The number of hydrogen-bond acceptors (Lipinski definition) is 7. The molecule has 1 fully saturated rings. The quantitative estimate of drug-likeness (QED) is 0.598. The number of thiophene rings is 2. The summed E-state index contributed by atoms with van der Waals surface area (Å²) in [5.74, 6) is 0.158. The van der Waals surface area contributed by atoms with Gasteiger partial charge in [0.2, 0.25) is 0 Å². The van der Waals surface area contributed by atoms with Crippen LogP contribution in [0.1, 0.15) is 28.4 Å². The van der Waals surface area contributed by atoms with Crippen LogP contribution in [0.15, 0.2) is 23.6 Å². The van der Waals surface area contributed by atoms with Crippen molar-refractivity contribution < 1.29 is 4.79 Å². The topological polar surface area (TPSA) is 39.7 Å². The maximum absolute atomic E-state index is 12.9. The maximum Gasteiger partial charge on any atom is 0.264 e. The van der Waals surface area contributed by atoms with E-state index in [1.807, 2.05) is 11.0 Å². The van der Waals surface area contributed by atoms with Crippen LogP contribution in [0.4, 0.5) is 5.13 Å². The van der Waals surface area contributed by atoms with Crippen LogP contribution < -0.4 is 4.90 Å². The van der Waals surface area contributed by atoms with Gasteiger partial charge in [-0.05, 0) is 31.4 Å². The van der Waals surface area contributed by atoms with E-state index in [0.29, 0.717) is 0 Å². The third kappa shape index (κ3) is 4.03. The molecule has 144 valence electrons. The molecule has 0 bridgehead atoms. The van der Waals surface area contributed by atoms with Gasteiger partial charge in [-0.15, -0.1) is 22.7 Å². The fraction of sp³-hybridized carbons (Fsp3) is 0.474. The summed E-state index contributed by atoms with van der Waals surface area (Å²) in [6.45, 7) is 10.7. The molecule has 27 heavy (non-hydrogen) atoms. The van der Waals surface area contributed by atoms with Crippen LogP contribution in [-0.2, 0) is 6.54 Å². The van der Waals surface area contributed by atoms with Crippen molar-refractivity contribution in [2.75, 3.05) is 44.2 Å². The molecule has 0 aliphatic carbocycles. The Hall–Kier alpha value is -1.48. The summed E-state index contributed by atoms with van der Waals surface area (Å²) in [4.78, 5) is 27.5. The molecule has 5 nitrogen and oxygen atoms in total. The minimum Gasteiger partial charge on any atom is -0.349 e. The molecule has 4 rings (SSSR count). The number of fused-ring (bicyclic) bond motifs is 1. The summed E-state index contributed by atoms with van der Waals surface area (Å²) in [5, 5.41) is 3.18. The van der Waals surface area contributed by atoms with Crippen LogP contribution in [0.25, 0.3) is 9.53 Å². The molecule has 8 heteroatoms. The minimum absolute atomic E-state index is 0.158. The average molecular weight is 421 g/mol. The van der Waals surface area contributed by atoms with Gasteiger partial charge in [0.15, 0.2) is 5.13 Å². The molecule has 4 heterocycles. The van der Waals surface area contributed by atoms with Crippen LogP contribution in [0.2, 0.25) is 0 Å². The fourth-order valence-electron chi connectivity index (χ4n) is 3.35. The van der Waals surface area contributed by atoms with Crippen LogP contribution in [0.5, 0.6) is 0 Å². The molecule has 0 radical (unpaired) electrons. The predicted molar refractivity (Wildman–Crippen MR) is 117 cm³/mol. The highest BCUT2D eigenvalue weighted by Gasteiger charge is 2.24. The van der Waals surface area contributed by atoms with Gasteiger partial charge in [-0.3, -0.25) is 9.69 Å². The lowest BCUT2D eigenvalue weighted by molar-refractivity contribution is 0.0634. The lowest BCUT2D eigenvalue weighted by Crippen LogP contribution is -2.48. The first-order valence-electron chi connectivity index (χ1n) is 9.37. The second-order valence-electron chi connectivity index (χ2n) is 6.60. The monoisotopic (exact) mass is 420 g/mol. The van der Waals surface area contributed by atoms with Crippen molar-refractivity contribution in [3.8, 4) is 0 Å². The normalized spacial score (nSPS) is 15.6. The summed E-state index contributed by atoms with van der Waals surface area (Å²) < 4.78 is 1.13. The largest absolute Gasteiger partial charge is 0.349 e. The highest BCUT2D eigenvalue weighted by atomic mass is 32.1. The molecule has 1 amide bonds. The Labute approximate surface area is 171 Å². The van der Waals surface area contributed by atoms with Crippen LogP contribution >= 0.6 is 34.0 Å². The van der Waals surface area contributed by atoms with Crippen molar-refractivity contribution in [2.45, 2.75) is 20.4 Å². The molecule has 1 saturated heterocycles. The Morgan fingerprint density at radius 3 is 2.59 bits per heavy atom. The molecule has 0 N–H and O–H groups in total. The number of hydrogen-bond donors (Lipinski definition) is 0. The van der Waals surface area contributed by atoms with Crippen molar-refractivity contribution in [3.05, 3.63) is 33.3 Å². The Kier molecular flexibility index (Phi) is 5.77. The van der Waals surface area contributed by atoms with Gasteiger partial charge in [0.1, 0.15) is 4.83 Å². The van der Waals surface area contributed by atoms with Crippen LogP contribution in [-0.4, -0.2) is 60.0 Å². The van der Waals surface area contributed by atoms with E-state index in [4.69, 9.17) is 4.98 Å². The predicted octanol–water partition coefficient (Wildman–Crippen LogP) is 4.22. The highest BCUT2D eigenvalue weighted by molar-refractivity contribution is 7.29. The van der Waals surface area contributed by atoms with Crippen LogP contribution in [0, 0.1) is 0 Å². The van der Waals surface area contributed by atoms with E-state index in [2.05, 4.69) is 41.2 Å². The zero-order valence-electron chi connectivity index (χ0n) is 15.7. The Morgan fingerprint density at radius 2 is 1.96 bits per heavy atom. The van der Waals surface area contributed by atoms with E-state index in [1.165, 1.54) is 16.2 Å². The van der Waals surface area contributed by atoms with Crippen molar-refractivity contribution in [3.63, 3.8) is 0 Å². The van der Waals surface area contributed by atoms with Crippen molar-refractivity contribution in [2.24, 2.45) is 0 Å². The molecular formula is C19H24N4OS3. The first kappa shape index (κ1) is 18.9. The molecule has 3 aromatic rings. The number of aromatic nitrogens is 1. The summed E-state index contributed by atoms with van der Waals surface area (Å²) in [7, 11) is 0. The molecule has 0 spiro atoms. The van der Waals surface area contributed by atoms with E-state index >= 15 is 0 Å². The first-order valence-corrected chi connectivity index (χ1v) is 11.9. The standard InChI is InChI=1S/C19H24N4OS3/c1-3-22(4-2)19-20-17-15(27-19)12-16(26-17)18(24)23-9-7-21(8-10-23)13-14-6-5-11-25-14/h5-6,11-12H,3-4,7-10,13H2,1-2H3. The molecule has 0 atom stereocenters.